The first-order valence-electron chi connectivity index (χ1n) is 5.40. The van der Waals surface area contributed by atoms with Crippen LogP contribution in [0.2, 0.25) is 0 Å². The van der Waals surface area contributed by atoms with E-state index in [1.165, 1.54) is 0 Å². The number of halogens is 2. The first-order chi connectivity index (χ1) is 8.68. The molecule has 3 heteroatoms. The van der Waals surface area contributed by atoms with Gasteiger partial charge < -0.3 is 0 Å². The molecule has 0 aromatic heterocycles. The van der Waals surface area contributed by atoms with Gasteiger partial charge in [-0.25, -0.2) is 0 Å². The van der Waals surface area contributed by atoms with Crippen LogP contribution in [0, 0.1) is 0 Å². The molecule has 0 atom stereocenters. The van der Waals surface area contributed by atoms with Gasteiger partial charge in [0, 0.05) is 26.2 Å². The van der Waals surface area contributed by atoms with Gasteiger partial charge >= 0.3 is 0 Å². The smallest absolute Gasteiger partial charge is 0.186 e. The SMILES string of the molecule is O=C(C=C(Br)c1ccccc1Br)c1ccccc1. The van der Waals surface area contributed by atoms with Gasteiger partial charge in [-0.1, -0.05) is 64.5 Å². The molecular formula is C15H10Br2O. The Morgan fingerprint density at radius 3 is 2.22 bits per heavy atom. The molecule has 0 aliphatic carbocycles. The minimum Gasteiger partial charge on any atom is -0.289 e. The van der Waals surface area contributed by atoms with Gasteiger partial charge in [0.2, 0.25) is 0 Å². The molecule has 0 fully saturated rings. The average molecular weight is 366 g/mol. The molecule has 0 unspecified atom stereocenters. The van der Waals surface area contributed by atoms with Crippen LogP contribution in [0.1, 0.15) is 15.9 Å². The predicted molar refractivity (Wildman–Crippen MR) is 81.8 cm³/mol. The Bertz CT molecular complexity index is 588. The monoisotopic (exact) mass is 364 g/mol. The molecule has 0 spiro atoms. The molecule has 0 radical (unpaired) electrons. The van der Waals surface area contributed by atoms with Crippen molar-refractivity contribution in [2.24, 2.45) is 0 Å². The Labute approximate surface area is 123 Å². The number of hydrogen-bond donors (Lipinski definition) is 0. The lowest BCUT2D eigenvalue weighted by molar-refractivity contribution is 0.104. The van der Waals surface area contributed by atoms with Crippen LogP contribution in [0.5, 0.6) is 0 Å². The predicted octanol–water partition coefficient (Wildman–Crippen LogP) is 5.07. The van der Waals surface area contributed by atoms with E-state index in [2.05, 4.69) is 31.9 Å². The van der Waals surface area contributed by atoms with E-state index in [9.17, 15) is 4.79 Å². The topological polar surface area (TPSA) is 17.1 Å². The molecular weight excluding hydrogens is 356 g/mol. The summed E-state index contributed by atoms with van der Waals surface area (Å²) in [5.74, 6) is -0.0155. The second-order valence-corrected chi connectivity index (χ2v) is 5.41. The van der Waals surface area contributed by atoms with E-state index in [-0.39, 0.29) is 5.78 Å². The molecule has 0 N–H and O–H groups in total. The Hall–Kier alpha value is -1.19. The van der Waals surface area contributed by atoms with Crippen molar-refractivity contribution in [2.75, 3.05) is 0 Å². The van der Waals surface area contributed by atoms with Crippen molar-refractivity contribution in [3.63, 3.8) is 0 Å². The largest absolute Gasteiger partial charge is 0.289 e. The van der Waals surface area contributed by atoms with E-state index in [0.29, 0.717) is 5.56 Å². The summed E-state index contributed by atoms with van der Waals surface area (Å²) in [7, 11) is 0. The summed E-state index contributed by atoms with van der Waals surface area (Å²) < 4.78 is 1.72. The fraction of sp³-hybridized carbons (Fsp3) is 0. The van der Waals surface area contributed by atoms with Crippen LogP contribution >= 0.6 is 31.9 Å². The summed E-state index contributed by atoms with van der Waals surface area (Å²) in [5.41, 5.74) is 1.64. The normalized spacial score (nSPS) is 11.3. The van der Waals surface area contributed by atoms with Crippen molar-refractivity contribution in [1.82, 2.24) is 0 Å². The molecule has 2 aromatic carbocycles. The summed E-state index contributed by atoms with van der Waals surface area (Å²) in [4.78, 5) is 12.0. The van der Waals surface area contributed by atoms with Crippen LogP contribution in [0.25, 0.3) is 4.48 Å². The Balaban J connectivity index is 2.30. The highest BCUT2D eigenvalue weighted by atomic mass is 79.9. The third-order valence-corrected chi connectivity index (χ3v) is 3.79. The zero-order valence-electron chi connectivity index (χ0n) is 9.44. The average Bonchev–Trinajstić information content (AvgIpc) is 2.40. The van der Waals surface area contributed by atoms with E-state index < -0.39 is 0 Å². The van der Waals surface area contributed by atoms with E-state index in [1.54, 1.807) is 18.2 Å². The number of rotatable bonds is 3. The van der Waals surface area contributed by atoms with Crippen LogP contribution < -0.4 is 0 Å². The zero-order valence-corrected chi connectivity index (χ0v) is 12.6. The van der Waals surface area contributed by atoms with Gasteiger partial charge in [0.25, 0.3) is 0 Å². The lowest BCUT2D eigenvalue weighted by Gasteiger charge is -2.02. The first kappa shape index (κ1) is 13.2. The number of carbonyl (C=O) groups excluding carboxylic acids is 1. The molecule has 2 aromatic rings. The van der Waals surface area contributed by atoms with Crippen LogP contribution in [0.15, 0.2) is 65.1 Å². The fourth-order valence-corrected chi connectivity index (χ4v) is 2.85. The lowest BCUT2D eigenvalue weighted by atomic mass is 10.1. The molecule has 1 nitrogen and oxygen atoms in total. The summed E-state index contributed by atoms with van der Waals surface area (Å²) in [6.07, 6.45) is 1.59. The van der Waals surface area contributed by atoms with Crippen molar-refractivity contribution in [1.29, 1.82) is 0 Å². The van der Waals surface area contributed by atoms with E-state index in [1.807, 2.05) is 42.5 Å². The van der Waals surface area contributed by atoms with Gasteiger partial charge in [0.15, 0.2) is 5.78 Å². The van der Waals surface area contributed by atoms with Gasteiger partial charge in [-0.05, 0) is 22.0 Å². The summed E-state index contributed by atoms with van der Waals surface area (Å²) >= 11 is 6.91. The van der Waals surface area contributed by atoms with Gasteiger partial charge in [-0.15, -0.1) is 0 Å². The van der Waals surface area contributed by atoms with Gasteiger partial charge in [-0.3, -0.25) is 4.79 Å². The molecule has 2 rings (SSSR count). The van der Waals surface area contributed by atoms with Crippen molar-refractivity contribution in [2.45, 2.75) is 0 Å². The quantitative estimate of drug-likeness (QED) is 0.548. The van der Waals surface area contributed by atoms with E-state index >= 15 is 0 Å². The second-order valence-electron chi connectivity index (χ2n) is 3.70. The first-order valence-corrected chi connectivity index (χ1v) is 6.98. The number of allylic oxidation sites excluding steroid dienone is 1. The molecule has 0 saturated carbocycles. The van der Waals surface area contributed by atoms with Gasteiger partial charge in [0.05, 0.1) is 0 Å². The zero-order chi connectivity index (χ0) is 13.0. The molecule has 0 aliphatic rings. The van der Waals surface area contributed by atoms with Gasteiger partial charge in [0.1, 0.15) is 0 Å². The number of benzene rings is 2. The molecule has 0 saturated heterocycles. The molecule has 0 amide bonds. The third kappa shape index (κ3) is 3.18. The van der Waals surface area contributed by atoms with Gasteiger partial charge in [-0.2, -0.15) is 0 Å². The van der Waals surface area contributed by atoms with Crippen molar-refractivity contribution in [3.8, 4) is 0 Å². The van der Waals surface area contributed by atoms with Crippen LogP contribution in [-0.4, -0.2) is 5.78 Å². The minimum absolute atomic E-state index is 0.0155. The fourth-order valence-electron chi connectivity index (χ4n) is 1.53. The number of carbonyl (C=O) groups is 1. The number of ketones is 1. The Morgan fingerprint density at radius 1 is 0.944 bits per heavy atom. The summed E-state index contributed by atoms with van der Waals surface area (Å²) in [6, 6.07) is 17.0. The number of hydrogen-bond acceptors (Lipinski definition) is 1. The molecule has 0 heterocycles. The van der Waals surface area contributed by atoms with E-state index in [4.69, 9.17) is 0 Å². The lowest BCUT2D eigenvalue weighted by Crippen LogP contribution is -1.94. The van der Waals surface area contributed by atoms with Crippen molar-refractivity contribution < 1.29 is 4.79 Å². The molecule has 0 aliphatic heterocycles. The maximum absolute atomic E-state index is 12.0. The standard InChI is InChI=1S/C15H10Br2O/c16-13-9-5-4-8-12(13)14(17)10-15(18)11-6-2-1-3-7-11/h1-10H. The second kappa shape index (κ2) is 6.12. The maximum Gasteiger partial charge on any atom is 0.186 e. The molecule has 18 heavy (non-hydrogen) atoms. The highest BCUT2D eigenvalue weighted by Crippen LogP contribution is 2.28. The van der Waals surface area contributed by atoms with Crippen LogP contribution in [0.4, 0.5) is 0 Å². The minimum atomic E-state index is -0.0155. The maximum atomic E-state index is 12.0. The Kier molecular flexibility index (Phi) is 4.50. The highest BCUT2D eigenvalue weighted by Gasteiger charge is 2.06. The summed E-state index contributed by atoms with van der Waals surface area (Å²) in [6.45, 7) is 0. The summed E-state index contributed by atoms with van der Waals surface area (Å²) in [5, 5.41) is 0. The van der Waals surface area contributed by atoms with Crippen molar-refractivity contribution in [3.05, 3.63) is 76.3 Å². The highest BCUT2D eigenvalue weighted by molar-refractivity contribution is 9.15. The molecule has 0 bridgehead atoms. The van der Waals surface area contributed by atoms with E-state index in [0.717, 1.165) is 14.5 Å². The molecule has 90 valence electrons. The van der Waals surface area contributed by atoms with Crippen molar-refractivity contribution >= 4 is 42.1 Å². The van der Waals surface area contributed by atoms with Crippen LogP contribution in [0.3, 0.4) is 0 Å². The Morgan fingerprint density at radius 2 is 1.56 bits per heavy atom. The van der Waals surface area contributed by atoms with Crippen LogP contribution in [-0.2, 0) is 0 Å². The third-order valence-electron chi connectivity index (χ3n) is 2.45.